The molecule has 0 aliphatic carbocycles. The standard InChI is InChI=1S/3C17H14O.CH2Cl2/c3*18-17(13-11-15-7-3-1-4-8-15)14-12-16-9-5-2-6-10-16;2-1-3/h3*1-14H;1H2. The Morgan fingerprint density at radius 1 is 0.281 bits per heavy atom. The molecule has 0 spiro atoms. The highest BCUT2D eigenvalue weighted by molar-refractivity contribution is 6.40. The molecule has 0 atom stereocenters. The first kappa shape index (κ1) is 44.7. The van der Waals surface area contributed by atoms with E-state index in [4.69, 9.17) is 23.2 Å². The summed E-state index contributed by atoms with van der Waals surface area (Å²) in [6.45, 7) is 0. The van der Waals surface area contributed by atoms with Crippen LogP contribution in [0.4, 0.5) is 0 Å². The van der Waals surface area contributed by atoms with Crippen LogP contribution in [0.5, 0.6) is 0 Å². The summed E-state index contributed by atoms with van der Waals surface area (Å²) in [7, 11) is 0. The van der Waals surface area contributed by atoms with Gasteiger partial charge in [-0.3, -0.25) is 14.4 Å². The molecule has 0 radical (unpaired) electrons. The summed E-state index contributed by atoms with van der Waals surface area (Å²) in [6, 6.07) is 58.7. The van der Waals surface area contributed by atoms with Gasteiger partial charge in [-0.1, -0.05) is 218 Å². The molecule has 0 unspecified atom stereocenters. The fraction of sp³-hybridized carbons (Fsp3) is 0.0192. The molecule has 0 bridgehead atoms. The highest BCUT2D eigenvalue weighted by Crippen LogP contribution is 2.06. The minimum absolute atomic E-state index is 0.0114. The van der Waals surface area contributed by atoms with Crippen LogP contribution in [-0.4, -0.2) is 22.7 Å². The number of alkyl halides is 2. The Morgan fingerprint density at radius 2 is 0.404 bits per heavy atom. The van der Waals surface area contributed by atoms with Crippen LogP contribution in [0.3, 0.4) is 0 Å². The molecule has 3 nitrogen and oxygen atoms in total. The van der Waals surface area contributed by atoms with Crippen molar-refractivity contribution in [2.24, 2.45) is 0 Å². The minimum atomic E-state index is -0.0114. The average molecular weight is 788 g/mol. The fourth-order valence-electron chi connectivity index (χ4n) is 4.62. The van der Waals surface area contributed by atoms with Crippen molar-refractivity contribution in [1.29, 1.82) is 0 Å². The van der Waals surface area contributed by atoms with Crippen molar-refractivity contribution >= 4 is 77.0 Å². The van der Waals surface area contributed by atoms with Gasteiger partial charge in [0.25, 0.3) is 0 Å². The Morgan fingerprint density at radius 3 is 0.526 bits per heavy atom. The lowest BCUT2D eigenvalue weighted by Crippen LogP contribution is -1.84. The van der Waals surface area contributed by atoms with Gasteiger partial charge in [0.2, 0.25) is 0 Å². The molecule has 57 heavy (non-hydrogen) atoms. The van der Waals surface area contributed by atoms with Crippen molar-refractivity contribution in [2.45, 2.75) is 0 Å². The van der Waals surface area contributed by atoms with Gasteiger partial charge in [-0.2, -0.15) is 0 Å². The maximum Gasteiger partial charge on any atom is 0.178 e. The highest BCUT2D eigenvalue weighted by Gasteiger charge is 1.93. The van der Waals surface area contributed by atoms with Gasteiger partial charge in [0.15, 0.2) is 17.3 Å². The Labute approximate surface area is 347 Å². The Balaban J connectivity index is 0.000000221. The number of benzene rings is 6. The predicted octanol–water partition coefficient (Wildman–Crippen LogP) is 13.4. The summed E-state index contributed by atoms with van der Waals surface area (Å²) in [5, 5.41) is 0.194. The molecule has 0 aliphatic heterocycles. The third-order valence-corrected chi connectivity index (χ3v) is 7.44. The molecule has 0 aromatic heterocycles. The van der Waals surface area contributed by atoms with Gasteiger partial charge in [0.1, 0.15) is 0 Å². The summed E-state index contributed by atoms with van der Waals surface area (Å²) >= 11 is 9.53. The molecule has 0 saturated carbocycles. The van der Waals surface area contributed by atoms with Gasteiger partial charge >= 0.3 is 0 Å². The lowest BCUT2D eigenvalue weighted by Gasteiger charge is -1.91. The van der Waals surface area contributed by atoms with E-state index < -0.39 is 0 Å². The molecule has 284 valence electrons. The van der Waals surface area contributed by atoms with Crippen LogP contribution >= 0.6 is 23.2 Å². The van der Waals surface area contributed by atoms with E-state index in [1.54, 1.807) is 36.5 Å². The summed E-state index contributed by atoms with van der Waals surface area (Å²) in [5.74, 6) is -0.0341. The van der Waals surface area contributed by atoms with Crippen molar-refractivity contribution < 1.29 is 14.4 Å². The van der Waals surface area contributed by atoms with E-state index in [0.29, 0.717) is 0 Å². The van der Waals surface area contributed by atoms with Gasteiger partial charge < -0.3 is 0 Å². The van der Waals surface area contributed by atoms with Gasteiger partial charge in [-0.15, -0.1) is 23.2 Å². The molecule has 0 N–H and O–H groups in total. The van der Waals surface area contributed by atoms with E-state index in [1.807, 2.05) is 218 Å². The van der Waals surface area contributed by atoms with E-state index in [9.17, 15) is 14.4 Å². The van der Waals surface area contributed by atoms with Crippen LogP contribution < -0.4 is 0 Å². The zero-order chi connectivity index (χ0) is 40.6. The van der Waals surface area contributed by atoms with Crippen LogP contribution in [0, 0.1) is 0 Å². The quantitative estimate of drug-likeness (QED) is 0.0917. The fourth-order valence-corrected chi connectivity index (χ4v) is 4.62. The number of carbonyl (C=O) groups excluding carboxylic acids is 3. The van der Waals surface area contributed by atoms with E-state index >= 15 is 0 Å². The van der Waals surface area contributed by atoms with Crippen LogP contribution in [0.2, 0.25) is 0 Å². The molecule has 6 aromatic rings. The number of halogens is 2. The second-order valence-corrected chi connectivity index (χ2v) is 12.6. The van der Waals surface area contributed by atoms with E-state index in [0.717, 1.165) is 33.4 Å². The molecule has 0 saturated heterocycles. The van der Waals surface area contributed by atoms with Crippen molar-refractivity contribution in [3.63, 3.8) is 0 Å². The van der Waals surface area contributed by atoms with Crippen molar-refractivity contribution in [3.8, 4) is 0 Å². The molecular weight excluding hydrogens is 743 g/mol. The normalized spacial score (nSPS) is 10.8. The van der Waals surface area contributed by atoms with E-state index in [1.165, 1.54) is 0 Å². The number of allylic oxidation sites excluding steroid dienone is 6. The molecule has 0 amide bonds. The van der Waals surface area contributed by atoms with Crippen molar-refractivity contribution in [2.75, 3.05) is 5.34 Å². The molecule has 5 heteroatoms. The number of rotatable bonds is 12. The largest absolute Gasteiger partial charge is 0.290 e. The first-order valence-electron chi connectivity index (χ1n) is 18.1. The van der Waals surface area contributed by atoms with Gasteiger partial charge in [-0.25, -0.2) is 0 Å². The number of ketones is 3. The SMILES string of the molecule is ClCCl.O=C(C=Cc1ccccc1)C=Cc1ccccc1.O=C(C=Cc1ccccc1)C=Cc1ccccc1.O=C(C=Cc1ccccc1)C=Cc1ccccc1. The second-order valence-electron chi connectivity index (χ2n) is 11.8. The molecular formula is C52H44Cl2O3. The Kier molecular flexibility index (Phi) is 22.6. The topological polar surface area (TPSA) is 51.2 Å². The monoisotopic (exact) mass is 786 g/mol. The third kappa shape index (κ3) is 21.7. The van der Waals surface area contributed by atoms with Gasteiger partial charge in [0, 0.05) is 0 Å². The maximum absolute atomic E-state index is 11.6. The number of hydrogen-bond acceptors (Lipinski definition) is 3. The van der Waals surface area contributed by atoms with Crippen LogP contribution in [-0.2, 0) is 14.4 Å². The smallest absolute Gasteiger partial charge is 0.178 e. The van der Waals surface area contributed by atoms with E-state index in [-0.39, 0.29) is 22.7 Å². The Bertz CT molecular complexity index is 1780. The second kappa shape index (κ2) is 28.7. The van der Waals surface area contributed by atoms with Gasteiger partial charge in [0.05, 0.1) is 5.34 Å². The van der Waals surface area contributed by atoms with Crippen LogP contribution in [0.15, 0.2) is 218 Å². The Hall–Kier alpha value is -6.65. The summed E-state index contributed by atoms with van der Waals surface area (Å²) in [4.78, 5) is 34.8. The third-order valence-electron chi connectivity index (χ3n) is 7.44. The minimum Gasteiger partial charge on any atom is -0.290 e. The summed E-state index contributed by atoms with van der Waals surface area (Å²) in [6.07, 6.45) is 20.4. The first-order chi connectivity index (χ1) is 27.9. The molecule has 6 aromatic carbocycles. The van der Waals surface area contributed by atoms with Crippen LogP contribution in [0.25, 0.3) is 36.5 Å². The molecule has 6 rings (SSSR count). The van der Waals surface area contributed by atoms with Crippen molar-refractivity contribution in [1.82, 2.24) is 0 Å². The summed E-state index contributed by atoms with van der Waals surface area (Å²) < 4.78 is 0. The molecule has 0 aliphatic rings. The number of hydrogen-bond donors (Lipinski definition) is 0. The predicted molar refractivity (Wildman–Crippen MR) is 244 cm³/mol. The average Bonchev–Trinajstić information content (AvgIpc) is 3.27. The number of carbonyl (C=O) groups is 3. The van der Waals surface area contributed by atoms with Crippen LogP contribution in [0.1, 0.15) is 33.4 Å². The lowest BCUT2D eigenvalue weighted by molar-refractivity contribution is -0.111. The molecule has 0 heterocycles. The van der Waals surface area contributed by atoms with Gasteiger partial charge in [-0.05, 0) is 69.8 Å². The van der Waals surface area contributed by atoms with Crippen molar-refractivity contribution in [3.05, 3.63) is 252 Å². The maximum atomic E-state index is 11.6. The first-order valence-corrected chi connectivity index (χ1v) is 19.1. The summed E-state index contributed by atoms with van der Waals surface area (Å²) in [5.41, 5.74) is 6.16. The molecule has 0 fully saturated rings. The zero-order valence-electron chi connectivity index (χ0n) is 31.4. The lowest BCUT2D eigenvalue weighted by atomic mass is 10.1. The van der Waals surface area contributed by atoms with E-state index in [2.05, 4.69) is 0 Å². The highest BCUT2D eigenvalue weighted by atomic mass is 35.5. The zero-order valence-corrected chi connectivity index (χ0v) is 32.9.